The Kier molecular flexibility index (Phi) is 9.81. The van der Waals surface area contributed by atoms with E-state index in [1.807, 2.05) is 13.8 Å². The molecule has 14 nitrogen and oxygen atoms in total. The topological polar surface area (TPSA) is 211 Å². The molecule has 0 radical (unpaired) electrons. The van der Waals surface area contributed by atoms with Crippen molar-refractivity contribution in [2.45, 2.75) is 89.1 Å². The second-order valence-electron chi connectivity index (χ2n) is 13.2. The van der Waals surface area contributed by atoms with E-state index in [0.29, 0.717) is 11.1 Å². The van der Waals surface area contributed by atoms with Gasteiger partial charge >= 0.3 is 11.9 Å². The first-order valence-electron chi connectivity index (χ1n) is 16.0. The van der Waals surface area contributed by atoms with Crippen LogP contribution in [0, 0.1) is 35.5 Å². The van der Waals surface area contributed by atoms with Crippen LogP contribution >= 0.6 is 0 Å². The molecular weight excluding hydrogens is 620 g/mol. The number of ether oxygens (including phenoxy) is 6. The van der Waals surface area contributed by atoms with E-state index in [0.717, 1.165) is 12.8 Å². The summed E-state index contributed by atoms with van der Waals surface area (Å²) in [5.74, 6) is -2.39. The van der Waals surface area contributed by atoms with Crippen LogP contribution in [0.25, 0.3) is 0 Å². The van der Waals surface area contributed by atoms with E-state index in [2.05, 4.69) is 0 Å². The molecule has 1 aromatic carbocycles. The SMILES string of the molecule is C[C@@H]1[C@H]2[C@H](O)OC=C(C(=O)OCc3ccc(O[C@H]4O[C@@H](CO)[C@H](O)[C@H](O)[C@@H]4O)cc3)[C@@H]2C[C@H]1OC(=O)C1=CO[C@@H](O)[C@H]2[C@H](C)CC[C@H]12. The van der Waals surface area contributed by atoms with Crippen LogP contribution in [0.3, 0.4) is 0 Å². The van der Waals surface area contributed by atoms with Gasteiger partial charge in [0.05, 0.1) is 30.3 Å². The summed E-state index contributed by atoms with van der Waals surface area (Å²) in [4.78, 5) is 26.5. The molecule has 0 spiro atoms. The lowest BCUT2D eigenvalue weighted by Crippen LogP contribution is -2.60. The molecule has 14 heteroatoms. The van der Waals surface area contributed by atoms with E-state index in [-0.39, 0.29) is 48.0 Å². The van der Waals surface area contributed by atoms with Gasteiger partial charge in [0.2, 0.25) is 6.29 Å². The normalized spacial score (nSPS) is 40.9. The lowest BCUT2D eigenvalue weighted by Gasteiger charge is -2.39. The number of carbonyl (C=O) groups is 2. The van der Waals surface area contributed by atoms with E-state index >= 15 is 0 Å². The second-order valence-corrected chi connectivity index (χ2v) is 13.2. The van der Waals surface area contributed by atoms with Gasteiger partial charge in [-0.2, -0.15) is 0 Å². The van der Waals surface area contributed by atoms with E-state index in [1.54, 1.807) is 24.3 Å². The minimum absolute atomic E-state index is 0.106. The number of benzene rings is 1. The zero-order valence-electron chi connectivity index (χ0n) is 26.0. The van der Waals surface area contributed by atoms with Crippen LogP contribution in [0.2, 0.25) is 0 Å². The van der Waals surface area contributed by atoms with Crippen LogP contribution < -0.4 is 4.74 Å². The maximum absolute atomic E-state index is 13.3. The van der Waals surface area contributed by atoms with Crippen molar-refractivity contribution < 1.29 is 68.6 Å². The molecule has 47 heavy (non-hydrogen) atoms. The van der Waals surface area contributed by atoms with E-state index < -0.39 is 79.8 Å². The van der Waals surface area contributed by atoms with Crippen molar-refractivity contribution in [3.8, 4) is 5.75 Å². The zero-order chi connectivity index (χ0) is 33.6. The van der Waals surface area contributed by atoms with Gasteiger partial charge in [-0.1, -0.05) is 26.0 Å². The maximum atomic E-state index is 13.3. The first-order valence-corrected chi connectivity index (χ1v) is 16.0. The number of fused-ring (bicyclic) bond motifs is 2. The summed E-state index contributed by atoms with van der Waals surface area (Å²) >= 11 is 0. The fraction of sp³-hybridized carbons (Fsp3) is 0.636. The van der Waals surface area contributed by atoms with E-state index in [1.165, 1.54) is 12.5 Å². The van der Waals surface area contributed by atoms with E-state index in [9.17, 15) is 40.2 Å². The molecule has 6 N–H and O–H groups in total. The Morgan fingerprint density at radius 2 is 1.49 bits per heavy atom. The summed E-state index contributed by atoms with van der Waals surface area (Å²) in [5, 5.41) is 60.5. The number of carbonyl (C=O) groups excluding carboxylic acids is 2. The Morgan fingerprint density at radius 3 is 2.17 bits per heavy atom. The van der Waals surface area contributed by atoms with Gasteiger partial charge in [0.1, 0.15) is 42.9 Å². The van der Waals surface area contributed by atoms with Gasteiger partial charge < -0.3 is 59.1 Å². The van der Waals surface area contributed by atoms with Crippen molar-refractivity contribution in [2.75, 3.05) is 6.61 Å². The number of hydrogen-bond donors (Lipinski definition) is 6. The standard InChI is InChI=1S/C33H42O14/c1-14-3-8-18-20(12-43-31(40)24(14)18)30(39)46-22-9-19-21(13-44-32(41)25(19)15(22)2)29(38)42-11-16-4-6-17(7-5-16)45-33-28(37)27(36)26(35)23(10-34)47-33/h4-7,12-15,18-19,22-28,31-37,40-41H,3,8-11H2,1-2H3/t14-,15+,18-,19+,22-,23+,24+,25-,26+,27+,28+,31-,32-,33+/m1/s1. The first-order chi connectivity index (χ1) is 22.5. The van der Waals surface area contributed by atoms with Gasteiger partial charge in [-0.25, -0.2) is 9.59 Å². The molecular formula is C33H42O14. The van der Waals surface area contributed by atoms with Crippen LogP contribution in [-0.2, 0) is 39.9 Å². The zero-order valence-corrected chi connectivity index (χ0v) is 26.0. The highest BCUT2D eigenvalue weighted by atomic mass is 16.7. The van der Waals surface area contributed by atoms with Crippen molar-refractivity contribution in [2.24, 2.45) is 35.5 Å². The monoisotopic (exact) mass is 662 g/mol. The van der Waals surface area contributed by atoms with Gasteiger partial charge in [0, 0.05) is 29.6 Å². The maximum Gasteiger partial charge on any atom is 0.337 e. The van der Waals surface area contributed by atoms with E-state index in [4.69, 9.17) is 28.4 Å². The Balaban J connectivity index is 1.05. The molecule has 0 aromatic heterocycles. The Morgan fingerprint density at radius 1 is 0.830 bits per heavy atom. The third kappa shape index (κ3) is 6.47. The predicted octanol–water partition coefficient (Wildman–Crippen LogP) is 0.220. The summed E-state index contributed by atoms with van der Waals surface area (Å²) < 4.78 is 33.3. The lowest BCUT2D eigenvalue weighted by atomic mass is 9.83. The molecule has 0 amide bonds. The molecule has 258 valence electrons. The summed E-state index contributed by atoms with van der Waals surface area (Å²) in [6, 6.07) is 6.33. The van der Waals surface area contributed by atoms with Crippen molar-refractivity contribution in [3.63, 3.8) is 0 Å². The van der Waals surface area contributed by atoms with Gasteiger partial charge in [-0.15, -0.1) is 0 Å². The van der Waals surface area contributed by atoms with Gasteiger partial charge in [0.25, 0.3) is 0 Å². The summed E-state index contributed by atoms with van der Waals surface area (Å²) in [5.41, 5.74) is 1.22. The van der Waals surface area contributed by atoms with Gasteiger partial charge in [-0.3, -0.25) is 0 Å². The van der Waals surface area contributed by atoms with Crippen molar-refractivity contribution in [3.05, 3.63) is 53.5 Å². The minimum atomic E-state index is -1.57. The molecule has 3 aliphatic heterocycles. The molecule has 2 aliphatic carbocycles. The molecule has 5 aliphatic rings. The third-order valence-corrected chi connectivity index (χ3v) is 10.4. The lowest BCUT2D eigenvalue weighted by molar-refractivity contribution is -0.277. The van der Waals surface area contributed by atoms with Crippen LogP contribution in [0.15, 0.2) is 47.9 Å². The van der Waals surface area contributed by atoms with Crippen LogP contribution in [0.4, 0.5) is 0 Å². The number of hydrogen-bond acceptors (Lipinski definition) is 14. The largest absolute Gasteiger partial charge is 0.472 e. The molecule has 1 aromatic rings. The number of aliphatic hydroxyl groups excluding tert-OH is 6. The van der Waals surface area contributed by atoms with Crippen LogP contribution in [-0.4, -0.2) is 98.6 Å². The second kappa shape index (κ2) is 13.7. The molecule has 3 fully saturated rings. The molecule has 14 atom stereocenters. The molecule has 0 unspecified atom stereocenters. The molecule has 1 saturated heterocycles. The van der Waals surface area contributed by atoms with Crippen molar-refractivity contribution in [1.29, 1.82) is 0 Å². The first kappa shape index (κ1) is 33.7. The highest BCUT2D eigenvalue weighted by Crippen LogP contribution is 2.49. The quantitative estimate of drug-likeness (QED) is 0.206. The number of aliphatic hydroxyl groups is 6. The smallest absolute Gasteiger partial charge is 0.337 e. The van der Waals surface area contributed by atoms with Crippen LogP contribution in [0.1, 0.15) is 38.7 Å². The average molecular weight is 663 g/mol. The molecule has 2 saturated carbocycles. The Labute approximate surface area is 271 Å². The highest BCUT2D eigenvalue weighted by molar-refractivity contribution is 5.90. The molecule has 0 bridgehead atoms. The summed E-state index contributed by atoms with van der Waals surface area (Å²) in [7, 11) is 0. The van der Waals surface area contributed by atoms with Gasteiger partial charge in [0.15, 0.2) is 12.6 Å². The van der Waals surface area contributed by atoms with Crippen molar-refractivity contribution >= 4 is 11.9 Å². The third-order valence-electron chi connectivity index (χ3n) is 10.4. The fourth-order valence-corrected chi connectivity index (χ4v) is 7.69. The average Bonchev–Trinajstić information content (AvgIpc) is 3.61. The predicted molar refractivity (Wildman–Crippen MR) is 157 cm³/mol. The fourth-order valence-electron chi connectivity index (χ4n) is 7.69. The Hall–Kier alpha value is -3.24. The number of esters is 2. The van der Waals surface area contributed by atoms with Gasteiger partial charge in [-0.05, 0) is 42.9 Å². The summed E-state index contributed by atoms with van der Waals surface area (Å²) in [6.45, 7) is 3.18. The highest BCUT2D eigenvalue weighted by Gasteiger charge is 2.53. The van der Waals surface area contributed by atoms with Crippen LogP contribution in [0.5, 0.6) is 5.75 Å². The molecule has 3 heterocycles. The molecule has 6 rings (SSSR count). The summed E-state index contributed by atoms with van der Waals surface area (Å²) in [6.07, 6.45) is -5.44. The minimum Gasteiger partial charge on any atom is -0.472 e. The van der Waals surface area contributed by atoms with Crippen molar-refractivity contribution in [1.82, 2.24) is 0 Å². The number of rotatable bonds is 8. The Bertz CT molecular complexity index is 1360.